The van der Waals surface area contributed by atoms with E-state index in [1.165, 1.54) is 6.20 Å². The van der Waals surface area contributed by atoms with Crippen LogP contribution < -0.4 is 10.5 Å². The van der Waals surface area contributed by atoms with Gasteiger partial charge in [-0.05, 0) is 0 Å². The first kappa shape index (κ1) is 11.1. The van der Waals surface area contributed by atoms with Gasteiger partial charge in [0.2, 0.25) is 10.0 Å². The van der Waals surface area contributed by atoms with E-state index < -0.39 is 10.0 Å². The Labute approximate surface area is 86.9 Å². The second-order valence-corrected chi connectivity index (χ2v) is 4.98. The van der Waals surface area contributed by atoms with Crippen LogP contribution in [0.4, 0.5) is 0 Å². The van der Waals surface area contributed by atoms with Gasteiger partial charge in [0.15, 0.2) is 0 Å². The van der Waals surface area contributed by atoms with Gasteiger partial charge in [-0.15, -0.1) is 0 Å². The normalized spacial score (nSPS) is 11.4. The van der Waals surface area contributed by atoms with Crippen molar-refractivity contribution in [3.63, 3.8) is 0 Å². The van der Waals surface area contributed by atoms with Crippen LogP contribution in [-0.4, -0.2) is 29.4 Å². The van der Waals surface area contributed by atoms with E-state index in [4.69, 9.17) is 5.73 Å². The number of nitrogens with zero attached hydrogens (tertiary/aromatic N) is 1. The zero-order valence-electron chi connectivity index (χ0n) is 7.23. The molecule has 0 atom stereocenters. The van der Waals surface area contributed by atoms with Crippen molar-refractivity contribution < 1.29 is 8.42 Å². The molecule has 0 aliphatic carbocycles. The summed E-state index contributed by atoms with van der Waals surface area (Å²) in [6.45, 7) is 0.182. The molecule has 0 spiro atoms. The fourth-order valence-corrected chi connectivity index (χ4v) is 2.13. The maximum atomic E-state index is 11.2. The lowest BCUT2D eigenvalue weighted by Gasteiger charge is -2.03. The van der Waals surface area contributed by atoms with Gasteiger partial charge < -0.3 is 5.73 Å². The summed E-state index contributed by atoms with van der Waals surface area (Å²) in [5.74, 6) is -0.333. The van der Waals surface area contributed by atoms with Crippen molar-refractivity contribution in [3.05, 3.63) is 18.0 Å². The Morgan fingerprint density at radius 2 is 2.43 bits per heavy atom. The average molecular weight is 234 g/mol. The number of H-pyrrole nitrogens is 1. The van der Waals surface area contributed by atoms with Crippen molar-refractivity contribution in [2.24, 2.45) is 5.73 Å². The van der Waals surface area contributed by atoms with Crippen molar-refractivity contribution in [1.82, 2.24) is 14.9 Å². The number of hydrogen-bond acceptors (Lipinski definition) is 4. The molecule has 0 radical (unpaired) electrons. The predicted molar refractivity (Wildman–Crippen MR) is 56.0 cm³/mol. The van der Waals surface area contributed by atoms with Gasteiger partial charge in [0.1, 0.15) is 5.75 Å². The van der Waals surface area contributed by atoms with E-state index >= 15 is 0 Å². The molecule has 78 valence electrons. The van der Waals surface area contributed by atoms with Crippen LogP contribution in [0, 0.1) is 0 Å². The maximum Gasteiger partial charge on any atom is 0.218 e. The molecule has 1 aromatic heterocycles. The highest BCUT2D eigenvalue weighted by molar-refractivity contribution is 7.92. The van der Waals surface area contributed by atoms with Crippen LogP contribution in [0.3, 0.4) is 0 Å². The summed E-state index contributed by atoms with van der Waals surface area (Å²) in [4.78, 5) is -0.0512. The third-order valence-corrected chi connectivity index (χ3v) is 2.99. The van der Waals surface area contributed by atoms with E-state index in [1.807, 2.05) is 0 Å². The minimum atomic E-state index is -3.41. The third kappa shape index (κ3) is 3.81. The van der Waals surface area contributed by atoms with Gasteiger partial charge in [0.25, 0.3) is 0 Å². The number of sulfonamides is 1. The van der Waals surface area contributed by atoms with Gasteiger partial charge in [0, 0.05) is 18.3 Å². The molecule has 0 bridgehead atoms. The van der Waals surface area contributed by atoms with Gasteiger partial charge in [-0.3, -0.25) is 5.10 Å². The first-order valence-electron chi connectivity index (χ1n) is 3.73. The Bertz CT molecular complexity index is 397. The van der Waals surface area contributed by atoms with E-state index in [2.05, 4.69) is 27.1 Å². The molecule has 14 heavy (non-hydrogen) atoms. The number of nitrogens with one attached hydrogen (secondary N) is 2. The molecule has 6 nitrogen and oxygen atoms in total. The van der Waals surface area contributed by atoms with Crippen LogP contribution in [0.1, 0.15) is 5.56 Å². The van der Waals surface area contributed by atoms with Crippen LogP contribution in [0.15, 0.2) is 12.4 Å². The second-order valence-electron chi connectivity index (χ2n) is 2.65. The lowest BCUT2D eigenvalue weighted by molar-refractivity contribution is 0.585. The van der Waals surface area contributed by atoms with E-state index in [-0.39, 0.29) is 17.3 Å². The molecule has 0 amide bonds. The minimum Gasteiger partial charge on any atom is -0.392 e. The van der Waals surface area contributed by atoms with Gasteiger partial charge in [0.05, 0.1) is 11.2 Å². The first-order valence-corrected chi connectivity index (χ1v) is 5.79. The van der Waals surface area contributed by atoms with Crippen molar-refractivity contribution >= 4 is 27.2 Å². The SMILES string of the molecule is NC(=S)CS(=O)(=O)NCc1cn[nH]c1. The first-order chi connectivity index (χ1) is 6.49. The molecule has 0 unspecified atom stereocenters. The van der Waals surface area contributed by atoms with Crippen molar-refractivity contribution in [1.29, 1.82) is 0 Å². The Morgan fingerprint density at radius 1 is 1.71 bits per heavy atom. The quantitative estimate of drug-likeness (QED) is 0.574. The number of aromatic amines is 1. The molecular weight excluding hydrogens is 224 g/mol. The number of nitrogens with two attached hydrogens (primary N) is 1. The summed E-state index contributed by atoms with van der Waals surface area (Å²) in [7, 11) is -3.41. The Balaban J connectivity index is 2.49. The molecule has 0 aliphatic heterocycles. The molecule has 1 aromatic rings. The summed E-state index contributed by atoms with van der Waals surface area (Å²) >= 11 is 4.50. The van der Waals surface area contributed by atoms with Crippen LogP contribution in [0.5, 0.6) is 0 Å². The molecule has 0 saturated heterocycles. The van der Waals surface area contributed by atoms with Gasteiger partial charge >= 0.3 is 0 Å². The maximum absolute atomic E-state index is 11.2. The van der Waals surface area contributed by atoms with Crippen LogP contribution in [0.25, 0.3) is 0 Å². The molecule has 4 N–H and O–H groups in total. The van der Waals surface area contributed by atoms with E-state index in [0.29, 0.717) is 0 Å². The number of thiocarbonyl (C=S) groups is 1. The van der Waals surface area contributed by atoms with E-state index in [9.17, 15) is 8.42 Å². The van der Waals surface area contributed by atoms with Gasteiger partial charge in [-0.25, -0.2) is 13.1 Å². The summed E-state index contributed by atoms with van der Waals surface area (Å²) in [5, 5.41) is 6.24. The number of rotatable bonds is 5. The zero-order valence-corrected chi connectivity index (χ0v) is 8.86. The molecule has 1 rings (SSSR count). The van der Waals surface area contributed by atoms with Gasteiger partial charge in [-0.2, -0.15) is 5.10 Å². The van der Waals surface area contributed by atoms with Crippen LogP contribution in [0.2, 0.25) is 0 Å². The Morgan fingerprint density at radius 3 is 2.93 bits per heavy atom. The lowest BCUT2D eigenvalue weighted by atomic mass is 10.4. The van der Waals surface area contributed by atoms with Crippen molar-refractivity contribution in [3.8, 4) is 0 Å². The Kier molecular flexibility index (Phi) is 3.55. The highest BCUT2D eigenvalue weighted by atomic mass is 32.2. The van der Waals surface area contributed by atoms with Gasteiger partial charge in [-0.1, -0.05) is 12.2 Å². The average Bonchev–Trinajstić information content (AvgIpc) is 2.50. The predicted octanol–water partition coefficient (Wildman–Crippen LogP) is -0.885. The third-order valence-electron chi connectivity index (χ3n) is 1.38. The fraction of sp³-hybridized carbons (Fsp3) is 0.333. The van der Waals surface area contributed by atoms with Crippen molar-refractivity contribution in [2.75, 3.05) is 5.75 Å². The molecular formula is C6H10N4O2S2. The van der Waals surface area contributed by atoms with Crippen LogP contribution in [-0.2, 0) is 16.6 Å². The molecule has 0 fully saturated rings. The monoisotopic (exact) mass is 234 g/mol. The standard InChI is InChI=1S/C6H10N4O2S2/c7-6(13)4-14(11,12)10-3-5-1-8-9-2-5/h1-2,10H,3-4H2,(H2,7,13)(H,8,9). The number of hydrogen-bond donors (Lipinski definition) is 3. The van der Waals surface area contributed by atoms with E-state index in [0.717, 1.165) is 5.56 Å². The summed E-state index contributed by atoms with van der Waals surface area (Å²) in [6, 6.07) is 0. The molecule has 8 heteroatoms. The van der Waals surface area contributed by atoms with Crippen molar-refractivity contribution in [2.45, 2.75) is 6.54 Å². The highest BCUT2D eigenvalue weighted by Gasteiger charge is 2.11. The topological polar surface area (TPSA) is 101 Å². The van der Waals surface area contributed by atoms with Crippen LogP contribution >= 0.6 is 12.2 Å². The zero-order chi connectivity index (χ0) is 10.6. The second kappa shape index (κ2) is 4.49. The molecule has 1 heterocycles. The largest absolute Gasteiger partial charge is 0.392 e. The smallest absolute Gasteiger partial charge is 0.218 e. The molecule has 0 aromatic carbocycles. The number of aromatic nitrogens is 2. The Hall–Kier alpha value is -0.990. The fourth-order valence-electron chi connectivity index (χ4n) is 0.806. The lowest BCUT2D eigenvalue weighted by Crippen LogP contribution is -2.31. The minimum absolute atomic E-state index is 0.0512. The highest BCUT2D eigenvalue weighted by Crippen LogP contribution is 1.94. The molecule has 0 saturated carbocycles. The summed E-state index contributed by atoms with van der Waals surface area (Å²) in [5.41, 5.74) is 5.87. The van der Waals surface area contributed by atoms with E-state index in [1.54, 1.807) is 6.20 Å². The summed E-state index contributed by atoms with van der Waals surface area (Å²) < 4.78 is 24.8. The summed E-state index contributed by atoms with van der Waals surface area (Å²) in [6.07, 6.45) is 3.13. The molecule has 0 aliphatic rings.